The molecule has 128 valence electrons. The lowest BCUT2D eigenvalue weighted by molar-refractivity contribution is 0.295. The van der Waals surface area contributed by atoms with E-state index in [1.54, 1.807) is 7.11 Å². The Balaban J connectivity index is 0.00000208. The van der Waals surface area contributed by atoms with Gasteiger partial charge in [-0.3, -0.25) is 0 Å². The highest BCUT2D eigenvalue weighted by Gasteiger charge is 2.10. The van der Waals surface area contributed by atoms with E-state index in [1.165, 1.54) is 5.56 Å². The van der Waals surface area contributed by atoms with Gasteiger partial charge in [0, 0.05) is 23.8 Å². The fraction of sp³-hybridized carbons (Fsp3) is 0.278. The molecule has 3 aromatic rings. The molecule has 3 rings (SSSR count). The minimum atomic E-state index is 0. The van der Waals surface area contributed by atoms with Gasteiger partial charge in [-0.25, -0.2) is 4.98 Å². The van der Waals surface area contributed by atoms with Gasteiger partial charge in [-0.15, -0.1) is 28.6 Å². The van der Waals surface area contributed by atoms with E-state index in [2.05, 4.69) is 24.0 Å². The molecule has 2 heterocycles. The first kappa shape index (κ1) is 18.6. The molecular formula is C18H20BrClN2O2. The number of imidazole rings is 1. The average Bonchev–Trinajstić information content (AvgIpc) is 2.98. The van der Waals surface area contributed by atoms with Crippen molar-refractivity contribution in [2.24, 2.45) is 0 Å². The summed E-state index contributed by atoms with van der Waals surface area (Å²) in [5.41, 5.74) is 4.02. The van der Waals surface area contributed by atoms with Gasteiger partial charge in [0.05, 0.1) is 19.4 Å². The molecular weight excluding hydrogens is 392 g/mol. The van der Waals surface area contributed by atoms with Crippen molar-refractivity contribution in [2.45, 2.75) is 13.3 Å². The van der Waals surface area contributed by atoms with Crippen LogP contribution in [0.3, 0.4) is 0 Å². The summed E-state index contributed by atoms with van der Waals surface area (Å²) < 4.78 is 13.2. The molecule has 24 heavy (non-hydrogen) atoms. The molecule has 6 heteroatoms. The maximum absolute atomic E-state index is 5.70. The lowest BCUT2D eigenvalue weighted by Gasteiger charge is -2.11. The number of hydrogen-bond acceptors (Lipinski definition) is 3. The molecule has 0 saturated heterocycles. The van der Waals surface area contributed by atoms with E-state index in [0.717, 1.165) is 29.1 Å². The van der Waals surface area contributed by atoms with Gasteiger partial charge in [-0.1, -0.05) is 0 Å². The number of pyridine rings is 1. The van der Waals surface area contributed by atoms with Crippen LogP contribution in [-0.2, 0) is 0 Å². The minimum absolute atomic E-state index is 0. The van der Waals surface area contributed by atoms with E-state index in [1.807, 2.05) is 35.0 Å². The molecule has 0 saturated carbocycles. The Morgan fingerprint density at radius 2 is 2.00 bits per heavy atom. The Labute approximate surface area is 157 Å². The molecule has 4 nitrogen and oxygen atoms in total. The zero-order valence-electron chi connectivity index (χ0n) is 13.7. The Bertz CT molecular complexity index is 820. The van der Waals surface area contributed by atoms with Crippen molar-refractivity contribution < 1.29 is 9.47 Å². The first-order chi connectivity index (χ1) is 11.2. The maximum Gasteiger partial charge on any atom is 0.161 e. The van der Waals surface area contributed by atoms with E-state index in [9.17, 15) is 0 Å². The zero-order valence-corrected chi connectivity index (χ0v) is 16.1. The summed E-state index contributed by atoms with van der Waals surface area (Å²) in [6.07, 6.45) is 4.83. The number of methoxy groups -OCH3 is 1. The third kappa shape index (κ3) is 4.02. The lowest BCUT2D eigenvalue weighted by atomic mass is 10.1. The van der Waals surface area contributed by atoms with Gasteiger partial charge in [-0.2, -0.15) is 0 Å². The fourth-order valence-corrected chi connectivity index (χ4v) is 2.51. The van der Waals surface area contributed by atoms with E-state index in [4.69, 9.17) is 21.1 Å². The van der Waals surface area contributed by atoms with Crippen LogP contribution in [0.2, 0.25) is 0 Å². The molecule has 0 aliphatic heterocycles. The third-order valence-electron chi connectivity index (χ3n) is 3.61. The molecule has 1 aromatic carbocycles. The van der Waals surface area contributed by atoms with Gasteiger partial charge in [0.2, 0.25) is 0 Å². The fourth-order valence-electron chi connectivity index (χ4n) is 2.41. The van der Waals surface area contributed by atoms with Gasteiger partial charge in [0.1, 0.15) is 5.65 Å². The Morgan fingerprint density at radius 3 is 2.75 bits per heavy atom. The Morgan fingerprint density at radius 1 is 1.17 bits per heavy atom. The number of fused-ring (bicyclic) bond motifs is 1. The molecule has 0 fully saturated rings. The van der Waals surface area contributed by atoms with E-state index in [-0.39, 0.29) is 17.0 Å². The molecule has 0 bridgehead atoms. The molecule has 0 radical (unpaired) electrons. The second-order valence-corrected chi connectivity index (χ2v) is 5.73. The van der Waals surface area contributed by atoms with Crippen LogP contribution in [-0.4, -0.2) is 29.0 Å². The molecule has 0 atom stereocenters. The number of aryl methyl sites for hydroxylation is 1. The van der Waals surface area contributed by atoms with Crippen LogP contribution >= 0.6 is 28.6 Å². The van der Waals surface area contributed by atoms with Crippen LogP contribution in [0.15, 0.2) is 42.7 Å². The lowest BCUT2D eigenvalue weighted by Crippen LogP contribution is -2.00. The molecule has 0 spiro atoms. The van der Waals surface area contributed by atoms with Crippen molar-refractivity contribution in [3.05, 3.63) is 48.3 Å². The number of nitrogens with zero attached hydrogens (tertiary/aromatic N) is 2. The SMILES string of the molecule is Br.COc1cc(-c2cn3ccc(C)cc3n2)ccc1OCCCCl. The highest BCUT2D eigenvalue weighted by Crippen LogP contribution is 2.32. The van der Waals surface area contributed by atoms with Gasteiger partial charge in [-0.05, 0) is 49.2 Å². The number of benzene rings is 1. The summed E-state index contributed by atoms with van der Waals surface area (Å²) in [5, 5.41) is 0. The normalized spacial score (nSPS) is 10.5. The number of rotatable bonds is 6. The highest BCUT2D eigenvalue weighted by molar-refractivity contribution is 8.93. The number of ether oxygens (including phenoxy) is 2. The first-order valence-electron chi connectivity index (χ1n) is 7.54. The highest BCUT2D eigenvalue weighted by atomic mass is 79.9. The van der Waals surface area contributed by atoms with Crippen LogP contribution < -0.4 is 9.47 Å². The van der Waals surface area contributed by atoms with Gasteiger partial charge in [0.15, 0.2) is 11.5 Å². The molecule has 0 aliphatic carbocycles. The van der Waals surface area contributed by atoms with E-state index >= 15 is 0 Å². The Hall–Kier alpha value is -1.72. The monoisotopic (exact) mass is 410 g/mol. The summed E-state index contributed by atoms with van der Waals surface area (Å²) in [4.78, 5) is 4.67. The van der Waals surface area contributed by atoms with Crippen molar-refractivity contribution in [3.63, 3.8) is 0 Å². The average molecular weight is 412 g/mol. The second-order valence-electron chi connectivity index (χ2n) is 5.35. The van der Waals surface area contributed by atoms with E-state index < -0.39 is 0 Å². The molecule has 2 aromatic heterocycles. The van der Waals surface area contributed by atoms with E-state index in [0.29, 0.717) is 18.2 Å². The molecule has 0 unspecified atom stereocenters. The second kappa shape index (κ2) is 8.40. The number of hydrogen-bond donors (Lipinski definition) is 0. The summed E-state index contributed by atoms with van der Waals surface area (Å²) in [6.45, 7) is 2.64. The summed E-state index contributed by atoms with van der Waals surface area (Å²) >= 11 is 5.67. The smallest absolute Gasteiger partial charge is 0.161 e. The summed E-state index contributed by atoms with van der Waals surface area (Å²) in [7, 11) is 1.64. The summed E-state index contributed by atoms with van der Waals surface area (Å²) in [5.74, 6) is 2.01. The Kier molecular flexibility index (Phi) is 6.52. The zero-order chi connectivity index (χ0) is 16.2. The number of aromatic nitrogens is 2. The largest absolute Gasteiger partial charge is 0.493 e. The molecule has 0 amide bonds. The predicted octanol–water partition coefficient (Wildman–Crippen LogP) is 4.90. The van der Waals surface area contributed by atoms with Gasteiger partial charge in [0.25, 0.3) is 0 Å². The van der Waals surface area contributed by atoms with Crippen molar-refractivity contribution in [1.82, 2.24) is 9.38 Å². The minimum Gasteiger partial charge on any atom is -0.493 e. The van der Waals surface area contributed by atoms with Crippen LogP contribution in [0, 0.1) is 6.92 Å². The quantitative estimate of drug-likeness (QED) is 0.427. The standard InChI is InChI=1S/C18H19ClN2O2.BrH/c1-13-6-8-21-12-15(20-18(21)10-13)14-4-5-16(17(11-14)22-2)23-9-3-7-19;/h4-6,8,10-12H,3,7,9H2,1-2H3;1H. The number of alkyl halides is 1. The predicted molar refractivity (Wildman–Crippen MR) is 103 cm³/mol. The summed E-state index contributed by atoms with van der Waals surface area (Å²) in [6, 6.07) is 9.98. The molecule has 0 aliphatic rings. The first-order valence-corrected chi connectivity index (χ1v) is 8.07. The van der Waals surface area contributed by atoms with Gasteiger partial charge >= 0.3 is 0 Å². The van der Waals surface area contributed by atoms with Crippen molar-refractivity contribution >= 4 is 34.2 Å². The van der Waals surface area contributed by atoms with Crippen LogP contribution in [0.25, 0.3) is 16.9 Å². The van der Waals surface area contributed by atoms with Crippen LogP contribution in [0.4, 0.5) is 0 Å². The maximum atomic E-state index is 5.70. The number of halogens is 2. The van der Waals surface area contributed by atoms with Crippen LogP contribution in [0.5, 0.6) is 11.5 Å². The van der Waals surface area contributed by atoms with Crippen molar-refractivity contribution in [2.75, 3.05) is 19.6 Å². The van der Waals surface area contributed by atoms with Gasteiger partial charge < -0.3 is 13.9 Å². The van der Waals surface area contributed by atoms with Crippen LogP contribution in [0.1, 0.15) is 12.0 Å². The van der Waals surface area contributed by atoms with Crippen molar-refractivity contribution in [3.8, 4) is 22.8 Å². The molecule has 0 N–H and O–H groups in total. The topological polar surface area (TPSA) is 35.8 Å². The third-order valence-corrected chi connectivity index (χ3v) is 3.88. The van der Waals surface area contributed by atoms with Crippen molar-refractivity contribution in [1.29, 1.82) is 0 Å².